The number of fused-ring (bicyclic) bond motifs is 1. The van der Waals surface area contributed by atoms with E-state index in [9.17, 15) is 9.90 Å². The van der Waals surface area contributed by atoms with Crippen molar-refractivity contribution in [1.82, 2.24) is 5.32 Å². The minimum absolute atomic E-state index is 0.0794. The van der Waals surface area contributed by atoms with Crippen LogP contribution in [0.15, 0.2) is 24.3 Å². The fourth-order valence-electron chi connectivity index (χ4n) is 3.80. The van der Waals surface area contributed by atoms with Gasteiger partial charge in [-0.1, -0.05) is 43.5 Å². The summed E-state index contributed by atoms with van der Waals surface area (Å²) in [5.74, 6) is 0.429. The molecule has 21 heavy (non-hydrogen) atoms. The van der Waals surface area contributed by atoms with Crippen molar-refractivity contribution in [3.63, 3.8) is 0 Å². The van der Waals surface area contributed by atoms with E-state index in [2.05, 4.69) is 29.6 Å². The Balaban J connectivity index is 1.51. The maximum atomic E-state index is 12.2. The molecular weight excluding hydrogens is 262 g/mol. The molecule has 114 valence electrons. The summed E-state index contributed by atoms with van der Waals surface area (Å²) in [7, 11) is 0. The third kappa shape index (κ3) is 3.46. The molecule has 1 aromatic carbocycles. The molecule has 1 fully saturated rings. The SMILES string of the molecule is O=C(C[C@H]1CCc2ccccc21)NCC1(O)CCCCC1. The smallest absolute Gasteiger partial charge is 0.220 e. The van der Waals surface area contributed by atoms with E-state index < -0.39 is 5.60 Å². The number of hydrogen-bond donors (Lipinski definition) is 2. The summed E-state index contributed by atoms with van der Waals surface area (Å²) in [5.41, 5.74) is 2.06. The van der Waals surface area contributed by atoms with Crippen LogP contribution in [-0.4, -0.2) is 23.2 Å². The summed E-state index contributed by atoms with van der Waals surface area (Å²) in [5, 5.41) is 13.4. The second kappa shape index (κ2) is 6.18. The lowest BCUT2D eigenvalue weighted by Gasteiger charge is -2.32. The van der Waals surface area contributed by atoms with Crippen molar-refractivity contribution >= 4 is 5.91 Å². The zero-order chi connectivity index (χ0) is 14.7. The predicted octanol–water partition coefficient (Wildman–Crippen LogP) is 2.92. The Bertz CT molecular complexity index is 506. The van der Waals surface area contributed by atoms with Crippen molar-refractivity contribution in [3.05, 3.63) is 35.4 Å². The monoisotopic (exact) mass is 287 g/mol. The van der Waals surface area contributed by atoms with Crippen molar-refractivity contribution in [2.45, 2.75) is 62.9 Å². The standard InChI is InChI=1S/C18H25NO2/c20-17(19-13-18(21)10-4-1-5-11-18)12-15-9-8-14-6-2-3-7-16(14)15/h2-3,6-7,15,21H,1,4-5,8-13H2,(H,19,20)/t15-/m1/s1. The molecule has 2 N–H and O–H groups in total. The van der Waals surface area contributed by atoms with E-state index in [1.165, 1.54) is 17.5 Å². The molecule has 1 amide bonds. The molecule has 3 heteroatoms. The highest BCUT2D eigenvalue weighted by Crippen LogP contribution is 2.35. The van der Waals surface area contributed by atoms with Gasteiger partial charge in [0.25, 0.3) is 0 Å². The summed E-state index contributed by atoms with van der Waals surface area (Å²) in [6, 6.07) is 8.44. The van der Waals surface area contributed by atoms with Gasteiger partial charge in [0.05, 0.1) is 5.60 Å². The first kappa shape index (κ1) is 14.6. The van der Waals surface area contributed by atoms with Gasteiger partial charge < -0.3 is 10.4 Å². The molecule has 0 heterocycles. The lowest BCUT2D eigenvalue weighted by Crippen LogP contribution is -2.44. The molecule has 0 bridgehead atoms. The molecule has 3 rings (SSSR count). The number of nitrogens with one attached hydrogen (secondary N) is 1. The topological polar surface area (TPSA) is 49.3 Å². The van der Waals surface area contributed by atoms with Gasteiger partial charge in [-0.05, 0) is 42.7 Å². The summed E-state index contributed by atoms with van der Waals surface area (Å²) >= 11 is 0. The zero-order valence-electron chi connectivity index (χ0n) is 12.6. The summed E-state index contributed by atoms with van der Waals surface area (Å²) in [6.45, 7) is 0.417. The number of carbonyl (C=O) groups is 1. The molecule has 0 aromatic heterocycles. The van der Waals surface area contributed by atoms with Crippen LogP contribution in [-0.2, 0) is 11.2 Å². The molecule has 3 nitrogen and oxygen atoms in total. The predicted molar refractivity (Wildman–Crippen MR) is 83.2 cm³/mol. The van der Waals surface area contributed by atoms with Crippen LogP contribution in [0.3, 0.4) is 0 Å². The van der Waals surface area contributed by atoms with E-state index in [1.54, 1.807) is 0 Å². The van der Waals surface area contributed by atoms with Gasteiger partial charge in [0, 0.05) is 13.0 Å². The first-order chi connectivity index (χ1) is 10.2. The Morgan fingerprint density at radius 3 is 2.81 bits per heavy atom. The normalized spacial score (nSPS) is 23.6. The summed E-state index contributed by atoms with van der Waals surface area (Å²) < 4.78 is 0. The van der Waals surface area contributed by atoms with Gasteiger partial charge in [-0.25, -0.2) is 0 Å². The number of rotatable bonds is 4. The highest BCUT2D eigenvalue weighted by atomic mass is 16.3. The molecule has 2 aliphatic rings. The maximum Gasteiger partial charge on any atom is 0.220 e. The van der Waals surface area contributed by atoms with Crippen molar-refractivity contribution in [1.29, 1.82) is 0 Å². The second-order valence-corrected chi connectivity index (χ2v) is 6.70. The van der Waals surface area contributed by atoms with E-state index in [-0.39, 0.29) is 5.91 Å². The lowest BCUT2D eigenvalue weighted by atomic mass is 9.85. The van der Waals surface area contributed by atoms with Crippen LogP contribution in [0, 0.1) is 0 Å². The van der Waals surface area contributed by atoms with Crippen LogP contribution >= 0.6 is 0 Å². The number of amides is 1. The van der Waals surface area contributed by atoms with E-state index in [0.29, 0.717) is 18.9 Å². The fraction of sp³-hybridized carbons (Fsp3) is 0.611. The largest absolute Gasteiger partial charge is 0.388 e. The van der Waals surface area contributed by atoms with Crippen LogP contribution in [0.25, 0.3) is 0 Å². The second-order valence-electron chi connectivity index (χ2n) is 6.70. The first-order valence-electron chi connectivity index (χ1n) is 8.23. The van der Waals surface area contributed by atoms with Gasteiger partial charge in [0.15, 0.2) is 0 Å². The van der Waals surface area contributed by atoms with Gasteiger partial charge in [-0.3, -0.25) is 4.79 Å². The van der Waals surface area contributed by atoms with Crippen molar-refractivity contribution < 1.29 is 9.90 Å². The summed E-state index contributed by atoms with van der Waals surface area (Å²) in [6.07, 6.45) is 7.68. The molecule has 1 aromatic rings. The average Bonchev–Trinajstić information content (AvgIpc) is 2.90. The number of carbonyl (C=O) groups excluding carboxylic acids is 1. The molecule has 0 unspecified atom stereocenters. The van der Waals surface area contributed by atoms with Crippen molar-refractivity contribution in [2.75, 3.05) is 6.54 Å². The van der Waals surface area contributed by atoms with Gasteiger partial charge in [-0.15, -0.1) is 0 Å². The Morgan fingerprint density at radius 1 is 1.24 bits per heavy atom. The molecule has 2 aliphatic carbocycles. The first-order valence-corrected chi connectivity index (χ1v) is 8.23. The fourth-order valence-corrected chi connectivity index (χ4v) is 3.80. The minimum Gasteiger partial charge on any atom is -0.388 e. The summed E-state index contributed by atoms with van der Waals surface area (Å²) in [4.78, 5) is 12.2. The number of aryl methyl sites for hydroxylation is 1. The third-order valence-corrected chi connectivity index (χ3v) is 5.09. The Labute approximate surface area is 126 Å². The zero-order valence-corrected chi connectivity index (χ0v) is 12.6. The van der Waals surface area contributed by atoms with Crippen LogP contribution in [0.1, 0.15) is 62.0 Å². The number of hydrogen-bond acceptors (Lipinski definition) is 2. The Hall–Kier alpha value is -1.35. The van der Waals surface area contributed by atoms with Crippen LogP contribution < -0.4 is 5.32 Å². The molecule has 0 aliphatic heterocycles. The third-order valence-electron chi connectivity index (χ3n) is 5.09. The van der Waals surface area contributed by atoms with Crippen LogP contribution in [0.2, 0.25) is 0 Å². The van der Waals surface area contributed by atoms with Gasteiger partial charge in [0.2, 0.25) is 5.91 Å². The molecule has 0 saturated heterocycles. The van der Waals surface area contributed by atoms with E-state index in [1.807, 2.05) is 0 Å². The number of aliphatic hydroxyl groups is 1. The van der Waals surface area contributed by atoms with Crippen molar-refractivity contribution in [2.24, 2.45) is 0 Å². The Kier molecular flexibility index (Phi) is 4.29. The highest BCUT2D eigenvalue weighted by molar-refractivity contribution is 5.77. The lowest BCUT2D eigenvalue weighted by molar-refractivity contribution is -0.123. The van der Waals surface area contributed by atoms with Crippen LogP contribution in [0.4, 0.5) is 0 Å². The molecule has 0 spiro atoms. The van der Waals surface area contributed by atoms with Gasteiger partial charge in [0.1, 0.15) is 0 Å². The van der Waals surface area contributed by atoms with E-state index in [0.717, 1.165) is 38.5 Å². The number of benzene rings is 1. The minimum atomic E-state index is -0.665. The quantitative estimate of drug-likeness (QED) is 0.894. The van der Waals surface area contributed by atoms with E-state index >= 15 is 0 Å². The average molecular weight is 287 g/mol. The van der Waals surface area contributed by atoms with Crippen molar-refractivity contribution in [3.8, 4) is 0 Å². The molecular formula is C18H25NO2. The van der Waals surface area contributed by atoms with Gasteiger partial charge in [-0.2, -0.15) is 0 Å². The Morgan fingerprint density at radius 2 is 2.00 bits per heavy atom. The molecule has 1 atom stereocenters. The molecule has 0 radical (unpaired) electrons. The highest BCUT2D eigenvalue weighted by Gasteiger charge is 2.30. The molecule has 1 saturated carbocycles. The van der Waals surface area contributed by atoms with Gasteiger partial charge >= 0.3 is 0 Å². The van der Waals surface area contributed by atoms with E-state index in [4.69, 9.17) is 0 Å². The maximum absolute atomic E-state index is 12.2. The van der Waals surface area contributed by atoms with Crippen LogP contribution in [0.5, 0.6) is 0 Å².